The predicted octanol–water partition coefficient (Wildman–Crippen LogP) is 5.15. The number of nitrogens with one attached hydrogen (secondary N) is 1. The van der Waals surface area contributed by atoms with Crippen molar-refractivity contribution in [3.05, 3.63) is 69.0 Å². The molecule has 0 spiro atoms. The van der Waals surface area contributed by atoms with Gasteiger partial charge >= 0.3 is 6.18 Å². The molecule has 0 saturated carbocycles. The summed E-state index contributed by atoms with van der Waals surface area (Å²) >= 11 is 11.8. The van der Waals surface area contributed by atoms with E-state index in [1.807, 2.05) is 0 Å². The summed E-state index contributed by atoms with van der Waals surface area (Å²) in [4.78, 5) is 12.1. The van der Waals surface area contributed by atoms with E-state index in [1.165, 1.54) is 18.2 Å². The van der Waals surface area contributed by atoms with Gasteiger partial charge < -0.3 is 5.32 Å². The molecular formula is C16H8Cl2F4N2O. The van der Waals surface area contributed by atoms with Crippen LogP contribution in [0, 0.1) is 17.1 Å². The molecule has 2 rings (SSSR count). The number of nitriles is 1. The monoisotopic (exact) mass is 390 g/mol. The predicted molar refractivity (Wildman–Crippen MR) is 83.7 cm³/mol. The number of rotatable bonds is 3. The third kappa shape index (κ3) is 4.21. The van der Waals surface area contributed by atoms with Crippen molar-refractivity contribution in [2.45, 2.75) is 12.2 Å². The second kappa shape index (κ2) is 7.30. The molecule has 0 heterocycles. The number of benzene rings is 2. The molecule has 25 heavy (non-hydrogen) atoms. The van der Waals surface area contributed by atoms with E-state index >= 15 is 0 Å². The summed E-state index contributed by atoms with van der Waals surface area (Å²) in [5, 5.41) is 11.6. The lowest BCUT2D eigenvalue weighted by Crippen LogP contribution is -2.28. The van der Waals surface area contributed by atoms with E-state index in [9.17, 15) is 27.6 Å². The minimum absolute atomic E-state index is 0.0334. The highest BCUT2D eigenvalue weighted by Gasteiger charge is 2.34. The summed E-state index contributed by atoms with van der Waals surface area (Å²) in [6, 6.07) is 6.72. The lowest BCUT2D eigenvalue weighted by atomic mass is 10.1. The summed E-state index contributed by atoms with van der Waals surface area (Å²) in [6.07, 6.45) is -4.95. The van der Waals surface area contributed by atoms with Crippen molar-refractivity contribution >= 4 is 29.1 Å². The van der Waals surface area contributed by atoms with Crippen LogP contribution in [0.15, 0.2) is 36.4 Å². The molecule has 0 aliphatic heterocycles. The molecule has 1 amide bonds. The molecule has 130 valence electrons. The smallest absolute Gasteiger partial charge is 0.332 e. The van der Waals surface area contributed by atoms with Crippen LogP contribution in [0.1, 0.15) is 27.5 Å². The number of carbonyl (C=O) groups is 1. The van der Waals surface area contributed by atoms with Gasteiger partial charge in [-0.05, 0) is 24.3 Å². The van der Waals surface area contributed by atoms with Crippen molar-refractivity contribution in [2.75, 3.05) is 0 Å². The van der Waals surface area contributed by atoms with Gasteiger partial charge in [-0.1, -0.05) is 35.3 Å². The number of carbonyl (C=O) groups excluding carboxylic acids is 1. The molecule has 0 aliphatic carbocycles. The molecule has 0 unspecified atom stereocenters. The lowest BCUT2D eigenvalue weighted by Gasteiger charge is -2.15. The van der Waals surface area contributed by atoms with E-state index in [-0.39, 0.29) is 15.6 Å². The van der Waals surface area contributed by atoms with Crippen LogP contribution in [0.25, 0.3) is 0 Å². The van der Waals surface area contributed by atoms with Gasteiger partial charge in [0.1, 0.15) is 11.9 Å². The third-order valence-electron chi connectivity index (χ3n) is 3.23. The van der Waals surface area contributed by atoms with Gasteiger partial charge in [0.25, 0.3) is 5.91 Å². The first-order chi connectivity index (χ1) is 11.6. The van der Waals surface area contributed by atoms with Crippen molar-refractivity contribution in [3.63, 3.8) is 0 Å². The molecule has 0 saturated heterocycles. The average Bonchev–Trinajstić information content (AvgIpc) is 2.54. The fraction of sp³-hybridized carbons (Fsp3) is 0.125. The van der Waals surface area contributed by atoms with Gasteiger partial charge in [-0.15, -0.1) is 0 Å². The quantitative estimate of drug-likeness (QED) is 0.737. The fourth-order valence-electron chi connectivity index (χ4n) is 2.02. The number of hydrogen-bond acceptors (Lipinski definition) is 2. The Kier molecular flexibility index (Phi) is 5.55. The first kappa shape index (κ1) is 19.0. The van der Waals surface area contributed by atoms with E-state index in [2.05, 4.69) is 5.32 Å². The lowest BCUT2D eigenvalue weighted by molar-refractivity contribution is -0.140. The Morgan fingerprint density at radius 1 is 1.20 bits per heavy atom. The van der Waals surface area contributed by atoms with Crippen molar-refractivity contribution in [1.29, 1.82) is 5.26 Å². The molecule has 0 aliphatic rings. The first-order valence-corrected chi connectivity index (χ1v) is 7.42. The van der Waals surface area contributed by atoms with Crippen LogP contribution in [-0.4, -0.2) is 5.91 Å². The van der Waals surface area contributed by atoms with Gasteiger partial charge in [-0.25, -0.2) is 4.39 Å². The van der Waals surface area contributed by atoms with Crippen LogP contribution < -0.4 is 5.32 Å². The molecule has 2 aromatic rings. The van der Waals surface area contributed by atoms with Gasteiger partial charge in [0.05, 0.1) is 21.7 Å². The third-order valence-corrected chi connectivity index (χ3v) is 4.06. The minimum Gasteiger partial charge on any atom is -0.332 e. The number of nitrogens with zero attached hydrogens (tertiary/aromatic N) is 1. The number of hydrogen-bond donors (Lipinski definition) is 1. The Balaban J connectivity index is 2.32. The molecule has 0 radical (unpaired) electrons. The number of amides is 1. The maximum atomic E-state index is 13.3. The Bertz CT molecular complexity index is 862. The van der Waals surface area contributed by atoms with Crippen molar-refractivity contribution in [3.8, 4) is 6.07 Å². The summed E-state index contributed by atoms with van der Waals surface area (Å²) < 4.78 is 51.5. The summed E-state index contributed by atoms with van der Waals surface area (Å²) in [6.45, 7) is 0. The summed E-state index contributed by atoms with van der Waals surface area (Å²) in [5.41, 5.74) is -1.84. The molecule has 0 aromatic heterocycles. The highest BCUT2D eigenvalue weighted by molar-refractivity contribution is 6.42. The van der Waals surface area contributed by atoms with Crippen LogP contribution in [0.5, 0.6) is 0 Å². The number of halogens is 6. The standard InChI is InChI=1S/C16H8Cl2F4N2O/c17-11-3-1-2-9(14(11)18)13(7-23)24-15(25)8-4-5-12(19)10(6-8)16(20,21)22/h1-6,13H,(H,24,25)/t13-/m0/s1. The van der Waals surface area contributed by atoms with E-state index in [0.29, 0.717) is 12.1 Å². The molecule has 0 bridgehead atoms. The molecule has 0 fully saturated rings. The molecule has 9 heteroatoms. The van der Waals surface area contributed by atoms with E-state index in [4.69, 9.17) is 23.2 Å². The zero-order chi connectivity index (χ0) is 18.8. The largest absolute Gasteiger partial charge is 0.419 e. The molecule has 1 atom stereocenters. The topological polar surface area (TPSA) is 52.9 Å². The highest BCUT2D eigenvalue weighted by Crippen LogP contribution is 2.32. The van der Waals surface area contributed by atoms with E-state index < -0.39 is 35.1 Å². The van der Waals surface area contributed by atoms with E-state index in [0.717, 1.165) is 6.07 Å². The molecule has 2 aromatic carbocycles. The molecule has 3 nitrogen and oxygen atoms in total. The van der Waals surface area contributed by atoms with Crippen LogP contribution in [0.3, 0.4) is 0 Å². The van der Waals surface area contributed by atoms with Crippen molar-refractivity contribution < 1.29 is 22.4 Å². The van der Waals surface area contributed by atoms with Gasteiger partial charge in [0, 0.05) is 11.1 Å². The molecular weight excluding hydrogens is 383 g/mol. The van der Waals surface area contributed by atoms with Crippen LogP contribution in [0.4, 0.5) is 17.6 Å². The maximum Gasteiger partial charge on any atom is 0.419 e. The summed E-state index contributed by atoms with van der Waals surface area (Å²) in [7, 11) is 0. The average molecular weight is 391 g/mol. The highest BCUT2D eigenvalue weighted by atomic mass is 35.5. The Labute approximate surface area is 149 Å². The number of alkyl halides is 3. The Hall–Kier alpha value is -2.30. The van der Waals surface area contributed by atoms with Crippen LogP contribution >= 0.6 is 23.2 Å². The SMILES string of the molecule is N#C[C@H](NC(=O)c1ccc(F)c(C(F)(F)F)c1)c1cccc(Cl)c1Cl. The molecule has 1 N–H and O–H groups in total. The van der Waals surface area contributed by atoms with Gasteiger partial charge in [-0.3, -0.25) is 4.79 Å². The van der Waals surface area contributed by atoms with E-state index in [1.54, 1.807) is 6.07 Å². The van der Waals surface area contributed by atoms with Gasteiger partial charge in [0.2, 0.25) is 0 Å². The van der Waals surface area contributed by atoms with Crippen LogP contribution in [-0.2, 0) is 6.18 Å². The van der Waals surface area contributed by atoms with Crippen LogP contribution in [0.2, 0.25) is 10.0 Å². The van der Waals surface area contributed by atoms with Crippen molar-refractivity contribution in [2.24, 2.45) is 0 Å². The minimum atomic E-state index is -4.95. The Morgan fingerprint density at radius 2 is 1.88 bits per heavy atom. The fourth-order valence-corrected chi connectivity index (χ4v) is 2.44. The van der Waals surface area contributed by atoms with Gasteiger partial charge in [0.15, 0.2) is 0 Å². The second-order valence-corrected chi connectivity index (χ2v) is 5.66. The second-order valence-electron chi connectivity index (χ2n) is 4.87. The van der Waals surface area contributed by atoms with Gasteiger partial charge in [-0.2, -0.15) is 18.4 Å². The zero-order valence-corrected chi connectivity index (χ0v) is 13.7. The first-order valence-electron chi connectivity index (χ1n) is 6.66. The normalized spacial score (nSPS) is 12.4. The zero-order valence-electron chi connectivity index (χ0n) is 12.2. The van der Waals surface area contributed by atoms with Crippen molar-refractivity contribution in [1.82, 2.24) is 5.32 Å². The Morgan fingerprint density at radius 3 is 2.48 bits per heavy atom. The summed E-state index contributed by atoms with van der Waals surface area (Å²) in [5.74, 6) is -2.49. The maximum absolute atomic E-state index is 13.3.